The Morgan fingerprint density at radius 2 is 2.00 bits per heavy atom. The number of nitrogens with one attached hydrogen (secondary N) is 1. The number of hydrogen-bond donors (Lipinski definition) is 3. The van der Waals surface area contributed by atoms with E-state index < -0.39 is 23.6 Å². The van der Waals surface area contributed by atoms with Crippen LogP contribution < -0.4 is 15.0 Å². The lowest BCUT2D eigenvalue weighted by atomic mass is 10.2. The number of carboxylic acids is 1. The quantitative estimate of drug-likeness (QED) is 0.552. The molecular weight excluding hydrogens is 364 g/mol. The Balaban J connectivity index is 1.75. The van der Waals surface area contributed by atoms with Crippen LogP contribution in [-0.4, -0.2) is 41.1 Å². The minimum absolute atomic E-state index is 0.121. The zero-order valence-electron chi connectivity index (χ0n) is 13.2. The Hall–Kier alpha value is -3.26. The molecule has 0 unspecified atom stereocenters. The van der Waals surface area contributed by atoms with E-state index in [9.17, 15) is 19.5 Å². The van der Waals surface area contributed by atoms with Gasteiger partial charge in [-0.2, -0.15) is 0 Å². The molecule has 3 rings (SSSR count). The van der Waals surface area contributed by atoms with E-state index >= 15 is 0 Å². The Kier molecular flexibility index (Phi) is 4.68. The van der Waals surface area contributed by atoms with Crippen molar-refractivity contribution in [2.45, 2.75) is 0 Å². The molecule has 2 aromatic carbocycles. The van der Waals surface area contributed by atoms with E-state index in [4.69, 9.17) is 21.4 Å². The van der Waals surface area contributed by atoms with E-state index in [1.165, 1.54) is 17.0 Å². The van der Waals surface area contributed by atoms with Crippen LogP contribution in [0.25, 0.3) is 0 Å². The third kappa shape index (κ3) is 3.70. The maximum Gasteiger partial charge on any atom is 0.339 e. The number of carbonyl (C=O) groups excluding carboxylic acids is 2. The number of carbonyl (C=O) groups is 3. The monoisotopic (exact) mass is 376 g/mol. The van der Waals surface area contributed by atoms with Crippen molar-refractivity contribution in [3.05, 3.63) is 47.0 Å². The van der Waals surface area contributed by atoms with E-state index in [2.05, 4.69) is 5.32 Å². The highest BCUT2D eigenvalue weighted by Crippen LogP contribution is 2.34. The van der Waals surface area contributed by atoms with Gasteiger partial charge in [-0.15, -0.1) is 0 Å². The highest BCUT2D eigenvalue weighted by atomic mass is 35.5. The van der Waals surface area contributed by atoms with Crippen LogP contribution in [0.2, 0.25) is 5.02 Å². The Morgan fingerprint density at radius 1 is 1.23 bits per heavy atom. The molecule has 0 atom stereocenters. The van der Waals surface area contributed by atoms with Crippen molar-refractivity contribution in [3.8, 4) is 11.5 Å². The second-order valence-corrected chi connectivity index (χ2v) is 5.96. The smallest absolute Gasteiger partial charge is 0.339 e. The summed E-state index contributed by atoms with van der Waals surface area (Å²) in [5.41, 5.74) is 0.463. The molecule has 1 aliphatic rings. The fourth-order valence-corrected chi connectivity index (χ4v) is 2.69. The molecule has 0 saturated carbocycles. The van der Waals surface area contributed by atoms with Gasteiger partial charge < -0.3 is 25.2 Å². The number of ether oxygens (including phenoxy) is 1. The fraction of sp³-hybridized carbons (Fsp3) is 0.118. The van der Waals surface area contributed by atoms with E-state index in [0.29, 0.717) is 16.5 Å². The van der Waals surface area contributed by atoms with Crippen molar-refractivity contribution < 1.29 is 29.3 Å². The minimum Gasteiger partial charge on any atom is -0.507 e. The summed E-state index contributed by atoms with van der Waals surface area (Å²) in [6, 6.07) is 8.38. The molecular formula is C17H13ClN2O6. The fourth-order valence-electron chi connectivity index (χ4n) is 2.53. The number of esters is 1. The summed E-state index contributed by atoms with van der Waals surface area (Å²) in [6.45, 7) is -0.284. The number of benzene rings is 2. The summed E-state index contributed by atoms with van der Waals surface area (Å²) < 4.78 is 5.11. The number of fused-ring (bicyclic) bond motifs is 1. The maximum atomic E-state index is 12.3. The van der Waals surface area contributed by atoms with Gasteiger partial charge in [-0.05, 0) is 30.3 Å². The topological polar surface area (TPSA) is 116 Å². The normalized spacial score (nSPS) is 13.0. The van der Waals surface area contributed by atoms with Gasteiger partial charge in [0.05, 0.1) is 12.2 Å². The van der Waals surface area contributed by atoms with Gasteiger partial charge in [-0.25, -0.2) is 9.59 Å². The van der Waals surface area contributed by atoms with E-state index in [1.807, 2.05) is 0 Å². The summed E-state index contributed by atoms with van der Waals surface area (Å²) in [5.74, 6) is -2.40. The summed E-state index contributed by atoms with van der Waals surface area (Å²) in [5, 5.41) is 21.5. The average molecular weight is 377 g/mol. The number of rotatable bonds is 4. The summed E-state index contributed by atoms with van der Waals surface area (Å²) in [4.78, 5) is 36.4. The Morgan fingerprint density at radius 3 is 2.69 bits per heavy atom. The van der Waals surface area contributed by atoms with Crippen LogP contribution in [0, 0.1) is 0 Å². The van der Waals surface area contributed by atoms with Gasteiger partial charge in [0.15, 0.2) is 5.75 Å². The van der Waals surface area contributed by atoms with Crippen LogP contribution in [0.5, 0.6) is 11.5 Å². The second-order valence-electron chi connectivity index (χ2n) is 5.53. The van der Waals surface area contributed by atoms with Gasteiger partial charge >= 0.3 is 11.9 Å². The van der Waals surface area contributed by atoms with Crippen molar-refractivity contribution in [3.63, 3.8) is 0 Å². The second kappa shape index (κ2) is 6.93. The minimum atomic E-state index is -1.28. The van der Waals surface area contributed by atoms with Crippen molar-refractivity contribution in [1.29, 1.82) is 0 Å². The predicted octanol–water partition coefficient (Wildman–Crippen LogP) is 2.11. The molecule has 0 bridgehead atoms. The number of phenols is 1. The standard InChI is InChI=1S/C17H13ClN2O6/c18-9-1-4-14-12(5-9)20(8-16(23)26-14)7-15(22)19-10-2-3-11(17(24)25)13(21)6-10/h1-6,21H,7-8H2,(H,19,22)(H,24,25). The first-order valence-electron chi connectivity index (χ1n) is 7.45. The summed E-state index contributed by atoms with van der Waals surface area (Å²) in [7, 11) is 0. The lowest BCUT2D eigenvalue weighted by molar-refractivity contribution is -0.133. The van der Waals surface area contributed by atoms with Crippen molar-refractivity contribution >= 4 is 40.8 Å². The highest BCUT2D eigenvalue weighted by molar-refractivity contribution is 6.31. The summed E-state index contributed by atoms with van der Waals surface area (Å²) >= 11 is 5.96. The van der Waals surface area contributed by atoms with Crippen LogP contribution in [0.3, 0.4) is 0 Å². The molecule has 0 fully saturated rings. The van der Waals surface area contributed by atoms with E-state index in [1.54, 1.807) is 18.2 Å². The molecule has 0 aromatic heterocycles. The molecule has 0 spiro atoms. The molecule has 1 amide bonds. The molecule has 0 aliphatic carbocycles. The number of hydrogen-bond acceptors (Lipinski definition) is 6. The van der Waals surface area contributed by atoms with E-state index in [-0.39, 0.29) is 24.3 Å². The zero-order valence-corrected chi connectivity index (χ0v) is 14.0. The van der Waals surface area contributed by atoms with Gasteiger partial charge in [0.1, 0.15) is 17.9 Å². The largest absolute Gasteiger partial charge is 0.507 e. The van der Waals surface area contributed by atoms with Crippen LogP contribution in [0.4, 0.5) is 11.4 Å². The Bertz CT molecular complexity index is 914. The van der Waals surface area contributed by atoms with E-state index in [0.717, 1.165) is 6.07 Å². The predicted molar refractivity (Wildman–Crippen MR) is 93.0 cm³/mol. The van der Waals surface area contributed by atoms with Crippen LogP contribution >= 0.6 is 11.6 Å². The molecule has 0 radical (unpaired) electrons. The maximum absolute atomic E-state index is 12.3. The number of aromatic carboxylic acids is 1. The Labute approximate surface area is 152 Å². The molecule has 1 heterocycles. The number of anilines is 2. The summed E-state index contributed by atoms with van der Waals surface area (Å²) in [6.07, 6.45) is 0. The lowest BCUT2D eigenvalue weighted by Gasteiger charge is -2.29. The molecule has 3 N–H and O–H groups in total. The van der Waals surface area contributed by atoms with Crippen LogP contribution in [0.1, 0.15) is 10.4 Å². The van der Waals surface area contributed by atoms with Gasteiger partial charge in [0, 0.05) is 16.8 Å². The number of aromatic hydroxyl groups is 1. The molecule has 134 valence electrons. The molecule has 2 aromatic rings. The van der Waals surface area contributed by atoms with Gasteiger partial charge in [-0.3, -0.25) is 4.79 Å². The van der Waals surface area contributed by atoms with Crippen LogP contribution in [0.15, 0.2) is 36.4 Å². The molecule has 1 aliphatic heterocycles. The number of amides is 1. The van der Waals surface area contributed by atoms with Gasteiger partial charge in [0.2, 0.25) is 5.91 Å². The van der Waals surface area contributed by atoms with Crippen molar-refractivity contribution in [1.82, 2.24) is 0 Å². The van der Waals surface area contributed by atoms with Crippen molar-refractivity contribution in [2.24, 2.45) is 0 Å². The number of halogens is 1. The van der Waals surface area contributed by atoms with Crippen LogP contribution in [-0.2, 0) is 9.59 Å². The van der Waals surface area contributed by atoms with Crippen molar-refractivity contribution in [2.75, 3.05) is 23.3 Å². The third-order valence-corrected chi connectivity index (χ3v) is 3.89. The zero-order chi connectivity index (χ0) is 18.8. The molecule has 9 heteroatoms. The van der Waals surface area contributed by atoms with Gasteiger partial charge in [0.25, 0.3) is 0 Å². The lowest BCUT2D eigenvalue weighted by Crippen LogP contribution is -2.41. The molecule has 8 nitrogen and oxygen atoms in total. The highest BCUT2D eigenvalue weighted by Gasteiger charge is 2.26. The molecule has 0 saturated heterocycles. The molecule has 26 heavy (non-hydrogen) atoms. The number of carboxylic acid groups (broad SMARTS) is 1. The first-order chi connectivity index (χ1) is 12.3. The number of nitrogens with zero attached hydrogens (tertiary/aromatic N) is 1. The SMILES string of the molecule is O=C(CN1CC(=O)Oc2ccc(Cl)cc21)Nc1ccc(C(=O)O)c(O)c1. The average Bonchev–Trinajstić information content (AvgIpc) is 2.55. The first-order valence-corrected chi connectivity index (χ1v) is 7.82. The van der Waals surface area contributed by atoms with Gasteiger partial charge in [-0.1, -0.05) is 11.6 Å². The first kappa shape index (κ1) is 17.6. The third-order valence-electron chi connectivity index (χ3n) is 3.65.